The number of aromatic nitrogens is 2. The molecule has 0 N–H and O–H groups in total. The summed E-state index contributed by atoms with van der Waals surface area (Å²) < 4.78 is 4.90. The summed E-state index contributed by atoms with van der Waals surface area (Å²) in [6.07, 6.45) is 9.98. The van der Waals surface area contributed by atoms with Gasteiger partial charge in [0.1, 0.15) is 0 Å². The quantitative estimate of drug-likeness (QED) is 0.152. The fourth-order valence-electron chi connectivity index (χ4n) is 10.3. The Kier molecular flexibility index (Phi) is 9.12. The molecule has 304 valence electrons. The fraction of sp³-hybridized carbons (Fsp3) is 0.0645. The molecule has 0 aliphatic heterocycles. The zero-order valence-corrected chi connectivity index (χ0v) is 36.0. The van der Waals surface area contributed by atoms with Crippen LogP contribution in [0.25, 0.3) is 99.5 Å². The first-order valence-electron chi connectivity index (χ1n) is 22.4. The molecule has 1 atom stereocenters. The summed E-state index contributed by atoms with van der Waals surface area (Å²) in [6.45, 7) is 4.52. The molecule has 0 fully saturated rings. The highest BCUT2D eigenvalue weighted by Crippen LogP contribution is 2.41. The number of allylic oxidation sites excluding steroid dienone is 4. The minimum absolute atomic E-state index is 0.385. The van der Waals surface area contributed by atoms with Crippen LogP contribution in [0.5, 0.6) is 0 Å². The van der Waals surface area contributed by atoms with E-state index in [0.717, 1.165) is 12.1 Å². The molecule has 12 rings (SSSR count). The van der Waals surface area contributed by atoms with Crippen molar-refractivity contribution in [2.24, 2.45) is 0 Å². The number of aryl methyl sites for hydroxylation is 2. The third-order valence-electron chi connectivity index (χ3n) is 13.5. The van der Waals surface area contributed by atoms with Crippen molar-refractivity contribution in [3.63, 3.8) is 0 Å². The van der Waals surface area contributed by atoms with Gasteiger partial charge in [0.2, 0.25) is 0 Å². The van der Waals surface area contributed by atoms with Gasteiger partial charge in [-0.2, -0.15) is 0 Å². The van der Waals surface area contributed by atoms with Crippen LogP contribution < -0.4 is 0 Å². The maximum atomic E-state index is 2.46. The minimum Gasteiger partial charge on any atom is -0.309 e. The van der Waals surface area contributed by atoms with Crippen molar-refractivity contribution in [3.05, 3.63) is 241 Å². The van der Waals surface area contributed by atoms with Crippen LogP contribution in [-0.2, 0) is 0 Å². The first-order valence-corrected chi connectivity index (χ1v) is 22.4. The lowest BCUT2D eigenvalue weighted by Crippen LogP contribution is -1.98. The SMILES string of the molecule is Cc1cc(-n2c3ccc(-c4ccccc4)cc3c3cc(-c4ccccc4)ccc32)ccc1-c1ccc(-n2c3ccc(-c4ccccc4)cc3c3cc(C4C=CC=CC4)ccc32)cc1C. The molecule has 1 unspecified atom stereocenters. The molecular formula is C62H46N2. The highest BCUT2D eigenvalue weighted by atomic mass is 15.0. The largest absolute Gasteiger partial charge is 0.309 e. The number of rotatable bonds is 7. The van der Waals surface area contributed by atoms with Crippen LogP contribution >= 0.6 is 0 Å². The van der Waals surface area contributed by atoms with Crippen molar-refractivity contribution < 1.29 is 0 Å². The monoisotopic (exact) mass is 818 g/mol. The second-order valence-corrected chi connectivity index (χ2v) is 17.4. The molecule has 1 aliphatic rings. The first-order chi connectivity index (χ1) is 31.6. The van der Waals surface area contributed by atoms with Crippen molar-refractivity contribution in [2.75, 3.05) is 0 Å². The topological polar surface area (TPSA) is 9.86 Å². The lowest BCUT2D eigenvalue weighted by molar-refractivity contribution is 0.855. The predicted molar refractivity (Wildman–Crippen MR) is 272 cm³/mol. The Hall–Kier alpha value is -7.94. The van der Waals surface area contributed by atoms with Crippen LogP contribution in [0.4, 0.5) is 0 Å². The smallest absolute Gasteiger partial charge is 0.0541 e. The van der Waals surface area contributed by atoms with Gasteiger partial charge in [-0.05, 0) is 154 Å². The average Bonchev–Trinajstić information content (AvgIpc) is 3.86. The summed E-state index contributed by atoms with van der Waals surface area (Å²) in [4.78, 5) is 0. The van der Waals surface area contributed by atoms with Crippen molar-refractivity contribution in [1.29, 1.82) is 0 Å². The van der Waals surface area contributed by atoms with Crippen LogP contribution in [0.2, 0.25) is 0 Å². The Balaban J connectivity index is 0.953. The molecule has 2 heterocycles. The van der Waals surface area contributed by atoms with Crippen LogP contribution in [0.15, 0.2) is 224 Å². The predicted octanol–water partition coefficient (Wildman–Crippen LogP) is 16.8. The number of benzene rings is 9. The van der Waals surface area contributed by atoms with Gasteiger partial charge in [-0.3, -0.25) is 0 Å². The summed E-state index contributed by atoms with van der Waals surface area (Å²) >= 11 is 0. The molecule has 1 aliphatic carbocycles. The zero-order chi connectivity index (χ0) is 42.7. The number of fused-ring (bicyclic) bond motifs is 6. The van der Waals surface area contributed by atoms with Crippen LogP contribution in [0.3, 0.4) is 0 Å². The molecule has 0 amide bonds. The standard InChI is InChI=1S/C62H46N2/c1-41-35-51(63-59-31-23-47(43-15-7-3-8-16-43)37-55(59)56-38-48(24-32-60(56)63)44-17-9-4-10-18-44)27-29-53(41)54-30-28-52(36-42(54)2)64-61-33-25-49(45-19-11-5-12-20-45)39-57(61)58-40-50(26-34-62(58)64)46-21-13-6-14-22-46/h3-21,23-40,46H,22H2,1-2H3. The van der Waals surface area contributed by atoms with Crippen molar-refractivity contribution in [3.8, 4) is 55.9 Å². The van der Waals surface area contributed by atoms with E-state index in [2.05, 4.69) is 247 Å². The summed E-state index contributed by atoms with van der Waals surface area (Å²) in [6, 6.07) is 74.1. The number of hydrogen-bond donors (Lipinski definition) is 0. The van der Waals surface area contributed by atoms with E-state index in [9.17, 15) is 0 Å². The lowest BCUT2D eigenvalue weighted by Gasteiger charge is -2.16. The van der Waals surface area contributed by atoms with Gasteiger partial charge in [-0.1, -0.05) is 152 Å². The Morgan fingerprint density at radius 2 is 0.766 bits per heavy atom. The van der Waals surface area contributed by atoms with Gasteiger partial charge in [0.05, 0.1) is 22.1 Å². The second-order valence-electron chi connectivity index (χ2n) is 17.4. The summed E-state index contributed by atoms with van der Waals surface area (Å²) in [5, 5.41) is 5.07. The van der Waals surface area contributed by atoms with E-state index in [1.54, 1.807) is 0 Å². The van der Waals surface area contributed by atoms with E-state index in [-0.39, 0.29) is 0 Å². The highest BCUT2D eigenvalue weighted by molar-refractivity contribution is 6.12. The molecule has 9 aromatic carbocycles. The summed E-state index contributed by atoms with van der Waals surface area (Å²) in [5.41, 5.74) is 20.9. The molecule has 64 heavy (non-hydrogen) atoms. The molecular weight excluding hydrogens is 773 g/mol. The number of hydrogen-bond acceptors (Lipinski definition) is 0. The summed E-state index contributed by atoms with van der Waals surface area (Å²) in [5.74, 6) is 0.385. The Morgan fingerprint density at radius 3 is 1.16 bits per heavy atom. The van der Waals surface area contributed by atoms with Gasteiger partial charge in [-0.25, -0.2) is 0 Å². The summed E-state index contributed by atoms with van der Waals surface area (Å²) in [7, 11) is 0. The molecule has 0 bridgehead atoms. The Morgan fingerprint density at radius 1 is 0.359 bits per heavy atom. The van der Waals surface area contributed by atoms with Crippen LogP contribution in [0, 0.1) is 13.8 Å². The molecule has 0 saturated heterocycles. The van der Waals surface area contributed by atoms with E-state index < -0.39 is 0 Å². The molecule has 0 saturated carbocycles. The van der Waals surface area contributed by atoms with Crippen molar-refractivity contribution in [1.82, 2.24) is 9.13 Å². The molecule has 2 aromatic heterocycles. The third kappa shape index (κ3) is 6.41. The van der Waals surface area contributed by atoms with Gasteiger partial charge >= 0.3 is 0 Å². The normalized spacial score (nSPS) is 13.8. The van der Waals surface area contributed by atoms with Gasteiger partial charge in [0.15, 0.2) is 0 Å². The zero-order valence-electron chi connectivity index (χ0n) is 36.0. The maximum Gasteiger partial charge on any atom is 0.0541 e. The van der Waals surface area contributed by atoms with Crippen LogP contribution in [0.1, 0.15) is 29.0 Å². The molecule has 2 nitrogen and oxygen atoms in total. The minimum atomic E-state index is 0.385. The Bertz CT molecular complexity index is 3540. The third-order valence-corrected chi connectivity index (χ3v) is 13.5. The molecule has 0 spiro atoms. The number of nitrogens with zero attached hydrogens (tertiary/aromatic N) is 2. The highest BCUT2D eigenvalue weighted by Gasteiger charge is 2.19. The fourth-order valence-corrected chi connectivity index (χ4v) is 10.3. The average molecular weight is 819 g/mol. The van der Waals surface area contributed by atoms with Crippen molar-refractivity contribution in [2.45, 2.75) is 26.2 Å². The molecule has 11 aromatic rings. The van der Waals surface area contributed by atoms with E-state index in [1.807, 2.05) is 0 Å². The lowest BCUT2D eigenvalue weighted by atomic mass is 9.91. The first kappa shape index (κ1) is 37.8. The maximum absolute atomic E-state index is 2.46. The Labute approximate surface area is 374 Å². The molecule has 0 radical (unpaired) electrons. The van der Waals surface area contributed by atoms with E-state index in [0.29, 0.717) is 5.92 Å². The van der Waals surface area contributed by atoms with Crippen LogP contribution in [-0.4, -0.2) is 9.13 Å². The van der Waals surface area contributed by atoms with E-state index in [4.69, 9.17) is 0 Å². The van der Waals surface area contributed by atoms with Gasteiger partial charge in [0.25, 0.3) is 0 Å². The van der Waals surface area contributed by atoms with Crippen molar-refractivity contribution >= 4 is 43.6 Å². The van der Waals surface area contributed by atoms with E-state index >= 15 is 0 Å². The van der Waals surface area contributed by atoms with Gasteiger partial charge in [-0.15, -0.1) is 0 Å². The van der Waals surface area contributed by atoms with E-state index in [1.165, 1.54) is 110 Å². The second kappa shape index (κ2) is 15.4. The van der Waals surface area contributed by atoms with Gasteiger partial charge in [0, 0.05) is 38.8 Å². The van der Waals surface area contributed by atoms with Gasteiger partial charge < -0.3 is 9.13 Å². The molecule has 2 heteroatoms.